The Hall–Kier alpha value is -1.84. The molecule has 22 heavy (non-hydrogen) atoms. The minimum absolute atomic E-state index is 0.262. The number of benzene rings is 1. The van der Waals surface area contributed by atoms with E-state index in [0.717, 1.165) is 0 Å². The van der Waals surface area contributed by atoms with Crippen molar-refractivity contribution >= 4 is 23.3 Å². The van der Waals surface area contributed by atoms with Crippen LogP contribution in [0.15, 0.2) is 12.1 Å². The first-order valence-electron chi connectivity index (χ1n) is 7.04. The molecule has 5 nitrogen and oxygen atoms in total. The van der Waals surface area contributed by atoms with Crippen LogP contribution in [0.4, 0.5) is 14.9 Å². The molecule has 116 valence electrons. The van der Waals surface area contributed by atoms with Crippen LogP contribution in [0, 0.1) is 18.3 Å². The molecule has 1 aromatic rings. The maximum atomic E-state index is 13.6. The predicted octanol–water partition coefficient (Wildman–Crippen LogP) is 2.23. The van der Waals surface area contributed by atoms with Crippen molar-refractivity contribution in [1.82, 2.24) is 4.90 Å². The number of fused-ring (bicyclic) bond motifs is 1. The first-order chi connectivity index (χ1) is 10.5. The van der Waals surface area contributed by atoms with Gasteiger partial charge in [0.2, 0.25) is 0 Å². The number of nitriles is 1. The van der Waals surface area contributed by atoms with Gasteiger partial charge in [-0.1, -0.05) is 11.6 Å². The van der Waals surface area contributed by atoms with Gasteiger partial charge < -0.3 is 10.0 Å². The highest BCUT2D eigenvalue weighted by Gasteiger charge is 2.52. The summed E-state index contributed by atoms with van der Waals surface area (Å²) in [5, 5.41) is 19.3. The molecule has 0 spiro atoms. The predicted molar refractivity (Wildman–Crippen MR) is 79.7 cm³/mol. The Morgan fingerprint density at radius 1 is 1.55 bits per heavy atom. The SMILES string of the molecule is Cc1c(N2C(=O)N3CCC(O)[C@H]3C2CF)ccc(C#N)c1Cl. The number of carbonyl (C=O) groups is 1. The van der Waals surface area contributed by atoms with Crippen LogP contribution in [0.1, 0.15) is 17.5 Å². The third-order valence-electron chi connectivity index (χ3n) is 4.49. The van der Waals surface area contributed by atoms with E-state index in [0.29, 0.717) is 29.8 Å². The number of amides is 2. The molecule has 0 saturated carbocycles. The van der Waals surface area contributed by atoms with Gasteiger partial charge in [-0.25, -0.2) is 9.18 Å². The highest BCUT2D eigenvalue weighted by Crippen LogP contribution is 2.39. The number of alkyl halides is 1. The molecular formula is C15H15ClFN3O2. The Kier molecular flexibility index (Phi) is 3.71. The van der Waals surface area contributed by atoms with E-state index in [4.69, 9.17) is 16.9 Å². The van der Waals surface area contributed by atoms with Crippen molar-refractivity contribution in [1.29, 1.82) is 5.26 Å². The summed E-state index contributed by atoms with van der Waals surface area (Å²) in [5.41, 5.74) is 1.35. The van der Waals surface area contributed by atoms with Crippen molar-refractivity contribution in [2.75, 3.05) is 18.1 Å². The standard InChI is InChI=1S/C15H15ClFN3O2/c1-8-10(3-2-9(7-18)13(8)16)20-11(6-17)14-12(21)4-5-19(14)15(20)22/h2-3,11-12,14,21H,4-6H2,1H3/t11?,12?,14-/m1/s1. The van der Waals surface area contributed by atoms with Crippen molar-refractivity contribution in [3.05, 3.63) is 28.3 Å². The number of nitrogens with zero attached hydrogens (tertiary/aromatic N) is 3. The molecule has 3 rings (SSSR count). The van der Waals surface area contributed by atoms with E-state index in [1.165, 1.54) is 15.9 Å². The van der Waals surface area contributed by atoms with Crippen molar-refractivity contribution in [2.24, 2.45) is 0 Å². The van der Waals surface area contributed by atoms with E-state index in [1.807, 2.05) is 6.07 Å². The van der Waals surface area contributed by atoms with Gasteiger partial charge >= 0.3 is 6.03 Å². The van der Waals surface area contributed by atoms with E-state index < -0.39 is 24.9 Å². The van der Waals surface area contributed by atoms with Gasteiger partial charge in [0.15, 0.2) is 0 Å². The topological polar surface area (TPSA) is 67.6 Å². The molecule has 2 aliphatic heterocycles. The summed E-state index contributed by atoms with van der Waals surface area (Å²) in [4.78, 5) is 15.5. The molecule has 2 aliphatic rings. The third-order valence-corrected chi connectivity index (χ3v) is 4.98. The number of anilines is 1. The highest BCUT2D eigenvalue weighted by molar-refractivity contribution is 6.33. The molecule has 0 aromatic heterocycles. The van der Waals surface area contributed by atoms with Crippen molar-refractivity contribution in [3.8, 4) is 6.07 Å². The van der Waals surface area contributed by atoms with Crippen LogP contribution in [0.5, 0.6) is 0 Å². The lowest BCUT2D eigenvalue weighted by atomic mass is 10.0. The molecule has 1 N–H and O–H groups in total. The fourth-order valence-electron chi connectivity index (χ4n) is 3.38. The molecule has 0 bridgehead atoms. The molecule has 2 unspecified atom stereocenters. The lowest BCUT2D eigenvalue weighted by molar-refractivity contribution is 0.125. The number of hydrogen-bond donors (Lipinski definition) is 1. The number of hydrogen-bond acceptors (Lipinski definition) is 3. The Morgan fingerprint density at radius 2 is 2.27 bits per heavy atom. The van der Waals surface area contributed by atoms with E-state index in [2.05, 4.69) is 0 Å². The van der Waals surface area contributed by atoms with Crippen LogP contribution in [0.2, 0.25) is 5.02 Å². The Morgan fingerprint density at radius 3 is 2.91 bits per heavy atom. The number of aliphatic hydroxyl groups is 1. The molecule has 2 saturated heterocycles. The summed E-state index contributed by atoms with van der Waals surface area (Å²) in [6, 6.07) is 3.50. The summed E-state index contributed by atoms with van der Waals surface area (Å²) < 4.78 is 13.6. The zero-order valence-electron chi connectivity index (χ0n) is 12.0. The zero-order chi connectivity index (χ0) is 16.0. The van der Waals surface area contributed by atoms with Crippen LogP contribution in [0.25, 0.3) is 0 Å². The van der Waals surface area contributed by atoms with Gasteiger partial charge in [-0.2, -0.15) is 5.26 Å². The Labute approximate surface area is 132 Å². The van der Waals surface area contributed by atoms with E-state index in [9.17, 15) is 14.3 Å². The van der Waals surface area contributed by atoms with Crippen LogP contribution in [-0.4, -0.2) is 47.4 Å². The summed E-state index contributed by atoms with van der Waals surface area (Å²) >= 11 is 6.15. The van der Waals surface area contributed by atoms with Crippen molar-refractivity contribution < 1.29 is 14.3 Å². The molecule has 2 fully saturated rings. The largest absolute Gasteiger partial charge is 0.391 e. The van der Waals surface area contributed by atoms with Gasteiger partial charge in [-0.3, -0.25) is 4.90 Å². The highest BCUT2D eigenvalue weighted by atomic mass is 35.5. The smallest absolute Gasteiger partial charge is 0.325 e. The third kappa shape index (κ3) is 1.97. The minimum Gasteiger partial charge on any atom is -0.391 e. The minimum atomic E-state index is -0.749. The Balaban J connectivity index is 2.07. The first kappa shape index (κ1) is 15.1. The summed E-state index contributed by atoms with van der Waals surface area (Å²) in [6.07, 6.45) is -0.253. The van der Waals surface area contributed by atoms with Crippen LogP contribution in [0.3, 0.4) is 0 Å². The second-order valence-corrected chi connectivity index (χ2v) is 5.98. The van der Waals surface area contributed by atoms with Crippen molar-refractivity contribution in [3.63, 3.8) is 0 Å². The number of carbonyl (C=O) groups excluding carboxylic acids is 1. The van der Waals surface area contributed by atoms with Crippen molar-refractivity contribution in [2.45, 2.75) is 31.5 Å². The van der Waals surface area contributed by atoms with Gasteiger partial charge in [0.25, 0.3) is 0 Å². The fourth-order valence-corrected chi connectivity index (χ4v) is 3.59. The van der Waals surface area contributed by atoms with Gasteiger partial charge in [-0.05, 0) is 31.0 Å². The Bertz CT molecular complexity index is 675. The molecule has 2 amide bonds. The summed E-state index contributed by atoms with van der Waals surface area (Å²) in [6.45, 7) is 1.36. The van der Waals surface area contributed by atoms with Gasteiger partial charge in [0.05, 0.1) is 34.5 Å². The fraction of sp³-hybridized carbons (Fsp3) is 0.467. The quantitative estimate of drug-likeness (QED) is 0.907. The number of urea groups is 1. The monoisotopic (exact) mass is 323 g/mol. The molecule has 7 heteroatoms. The lowest BCUT2D eigenvalue weighted by Crippen LogP contribution is -2.43. The summed E-state index contributed by atoms with van der Waals surface area (Å²) in [7, 11) is 0. The number of rotatable bonds is 2. The number of halogens is 2. The first-order valence-corrected chi connectivity index (χ1v) is 7.42. The van der Waals surface area contributed by atoms with E-state index in [1.54, 1.807) is 13.0 Å². The van der Waals surface area contributed by atoms with E-state index >= 15 is 0 Å². The second-order valence-electron chi connectivity index (χ2n) is 5.60. The van der Waals surface area contributed by atoms with Crippen LogP contribution >= 0.6 is 11.6 Å². The van der Waals surface area contributed by atoms with Crippen LogP contribution in [-0.2, 0) is 0 Å². The maximum absolute atomic E-state index is 13.6. The molecule has 0 radical (unpaired) electrons. The average Bonchev–Trinajstić information content (AvgIpc) is 3.01. The normalized spacial score (nSPS) is 27.2. The maximum Gasteiger partial charge on any atom is 0.325 e. The second kappa shape index (κ2) is 5.41. The molecular weight excluding hydrogens is 309 g/mol. The summed E-state index contributed by atoms with van der Waals surface area (Å²) in [5.74, 6) is 0. The average molecular weight is 324 g/mol. The zero-order valence-corrected chi connectivity index (χ0v) is 12.7. The van der Waals surface area contributed by atoms with Crippen LogP contribution < -0.4 is 4.90 Å². The molecule has 2 heterocycles. The molecule has 1 aromatic carbocycles. The van der Waals surface area contributed by atoms with Gasteiger partial charge in [0, 0.05) is 6.54 Å². The van der Waals surface area contributed by atoms with E-state index in [-0.39, 0.29) is 11.1 Å². The van der Waals surface area contributed by atoms with Gasteiger partial charge in [0.1, 0.15) is 12.7 Å². The molecule has 3 atom stereocenters. The lowest BCUT2D eigenvalue weighted by Gasteiger charge is -2.26. The van der Waals surface area contributed by atoms with Gasteiger partial charge in [-0.15, -0.1) is 0 Å². The molecule has 0 aliphatic carbocycles. The number of aliphatic hydroxyl groups excluding tert-OH is 1.